The van der Waals surface area contributed by atoms with Gasteiger partial charge in [-0.1, -0.05) is 0 Å². The first-order valence-corrected chi connectivity index (χ1v) is 8.16. The number of benzene rings is 1. The minimum atomic E-state index is -3.16. The molecule has 2 N–H and O–H groups in total. The van der Waals surface area contributed by atoms with Gasteiger partial charge in [-0.2, -0.15) is 0 Å². The van der Waals surface area contributed by atoms with Crippen LogP contribution in [-0.4, -0.2) is 34.6 Å². The summed E-state index contributed by atoms with van der Waals surface area (Å²) in [6.45, 7) is 1.18. The molecule has 0 fully saturated rings. The predicted molar refractivity (Wildman–Crippen MR) is 74.8 cm³/mol. The molecule has 1 aliphatic rings. The quantitative estimate of drug-likeness (QED) is 0.742. The molecule has 0 radical (unpaired) electrons. The van der Waals surface area contributed by atoms with Gasteiger partial charge in [0.1, 0.15) is 0 Å². The van der Waals surface area contributed by atoms with Crippen LogP contribution in [0.15, 0.2) is 16.6 Å². The van der Waals surface area contributed by atoms with E-state index in [4.69, 9.17) is 9.47 Å². The Labute approximate surface area is 120 Å². The topological polar surface area (TPSA) is 76.7 Å². The Hall–Kier alpha value is -0.830. The molecule has 2 rings (SSSR count). The molecule has 0 unspecified atom stereocenters. The van der Waals surface area contributed by atoms with E-state index >= 15 is 0 Å². The Morgan fingerprint density at radius 3 is 2.89 bits per heavy atom. The maximum Gasteiger partial charge on any atom is 0.231 e. The summed E-state index contributed by atoms with van der Waals surface area (Å²) in [6, 6.07) is 3.81. The average molecular weight is 351 g/mol. The summed E-state index contributed by atoms with van der Waals surface area (Å²) >= 11 is 3.41. The highest BCUT2D eigenvalue weighted by molar-refractivity contribution is 9.10. The van der Waals surface area contributed by atoms with Crippen molar-refractivity contribution in [3.63, 3.8) is 0 Å². The molecule has 0 amide bonds. The van der Waals surface area contributed by atoms with Gasteiger partial charge in [-0.3, -0.25) is 0 Å². The van der Waals surface area contributed by atoms with Gasteiger partial charge >= 0.3 is 0 Å². The summed E-state index contributed by atoms with van der Waals surface area (Å²) in [5.74, 6) is 1.46. The van der Waals surface area contributed by atoms with Gasteiger partial charge < -0.3 is 14.8 Å². The molecule has 0 spiro atoms. The van der Waals surface area contributed by atoms with E-state index in [9.17, 15) is 8.42 Å². The van der Waals surface area contributed by atoms with Crippen molar-refractivity contribution in [1.29, 1.82) is 0 Å². The van der Waals surface area contributed by atoms with Crippen LogP contribution in [0.1, 0.15) is 5.56 Å². The molecular formula is C11H15BrN2O4S. The summed E-state index contributed by atoms with van der Waals surface area (Å²) in [5.41, 5.74) is 0.998. The molecule has 1 aromatic carbocycles. The Morgan fingerprint density at radius 1 is 1.37 bits per heavy atom. The summed E-state index contributed by atoms with van der Waals surface area (Å²) in [7, 11) is -1.75. The van der Waals surface area contributed by atoms with Crippen molar-refractivity contribution in [1.82, 2.24) is 10.0 Å². The number of sulfonamides is 1. The molecule has 8 heteroatoms. The molecule has 0 aliphatic carbocycles. The lowest BCUT2D eigenvalue weighted by molar-refractivity contribution is 0.173. The number of ether oxygens (including phenoxy) is 2. The van der Waals surface area contributed by atoms with Gasteiger partial charge in [0.15, 0.2) is 11.5 Å². The van der Waals surface area contributed by atoms with Crippen molar-refractivity contribution in [2.45, 2.75) is 6.54 Å². The number of hydrogen-bond acceptors (Lipinski definition) is 5. The van der Waals surface area contributed by atoms with Crippen molar-refractivity contribution in [2.75, 3.05) is 26.1 Å². The molecule has 1 aliphatic heterocycles. The summed E-state index contributed by atoms with van der Waals surface area (Å²) in [5, 5.41) is 3.07. The Morgan fingerprint density at radius 2 is 2.16 bits per heavy atom. The van der Waals surface area contributed by atoms with Crippen molar-refractivity contribution in [3.8, 4) is 11.5 Å². The highest BCUT2D eigenvalue weighted by Gasteiger charge is 2.17. The van der Waals surface area contributed by atoms with Crippen LogP contribution in [0.25, 0.3) is 0 Å². The zero-order valence-electron chi connectivity index (χ0n) is 10.4. The minimum Gasteiger partial charge on any atom is -0.454 e. The third-order valence-corrected chi connectivity index (χ3v) is 4.63. The lowest BCUT2D eigenvalue weighted by Crippen LogP contribution is -2.29. The van der Waals surface area contributed by atoms with E-state index in [-0.39, 0.29) is 12.5 Å². The smallest absolute Gasteiger partial charge is 0.231 e. The molecule has 0 aromatic heterocycles. The summed E-state index contributed by atoms with van der Waals surface area (Å²) in [6.07, 6.45) is 0. The second kappa shape index (κ2) is 6.08. The third kappa shape index (κ3) is 3.82. The number of rotatable bonds is 6. The van der Waals surface area contributed by atoms with Crippen LogP contribution in [0.2, 0.25) is 0 Å². The maximum absolute atomic E-state index is 11.2. The second-order valence-corrected chi connectivity index (χ2v) is 6.91. The van der Waals surface area contributed by atoms with Crippen molar-refractivity contribution in [2.24, 2.45) is 0 Å². The molecular weight excluding hydrogens is 336 g/mol. The molecule has 6 nitrogen and oxygen atoms in total. The zero-order valence-corrected chi connectivity index (χ0v) is 12.8. The predicted octanol–water partition coefficient (Wildman–Crippen LogP) is 0.817. The van der Waals surface area contributed by atoms with E-state index in [2.05, 4.69) is 26.0 Å². The molecule has 1 heterocycles. The Kier molecular flexibility index (Phi) is 4.67. The van der Waals surface area contributed by atoms with Gasteiger partial charge in [0.2, 0.25) is 16.8 Å². The SMILES string of the molecule is CNS(=O)(=O)CCNCc1cc(Br)c2c(c1)OCO2. The van der Waals surface area contributed by atoms with Gasteiger partial charge in [-0.05, 0) is 40.7 Å². The first-order valence-electron chi connectivity index (χ1n) is 5.72. The number of fused-ring (bicyclic) bond motifs is 1. The lowest BCUT2D eigenvalue weighted by Gasteiger charge is -2.07. The van der Waals surface area contributed by atoms with Crippen LogP contribution in [0.5, 0.6) is 11.5 Å². The first-order chi connectivity index (χ1) is 9.02. The van der Waals surface area contributed by atoms with E-state index in [0.29, 0.717) is 24.6 Å². The molecule has 19 heavy (non-hydrogen) atoms. The monoisotopic (exact) mass is 350 g/mol. The molecule has 1 aromatic rings. The molecule has 0 atom stereocenters. The number of hydrogen-bond donors (Lipinski definition) is 2. The third-order valence-electron chi connectivity index (χ3n) is 2.67. The Bertz CT molecular complexity index is 562. The number of nitrogens with one attached hydrogen (secondary N) is 2. The van der Waals surface area contributed by atoms with Crippen molar-refractivity contribution < 1.29 is 17.9 Å². The van der Waals surface area contributed by atoms with Crippen LogP contribution in [-0.2, 0) is 16.6 Å². The van der Waals surface area contributed by atoms with Crippen LogP contribution < -0.4 is 19.5 Å². The Balaban J connectivity index is 1.89. The molecule has 0 saturated heterocycles. The normalized spacial score (nSPS) is 13.8. The maximum atomic E-state index is 11.2. The fraction of sp³-hybridized carbons (Fsp3) is 0.455. The van der Waals surface area contributed by atoms with E-state index in [0.717, 1.165) is 10.0 Å². The van der Waals surface area contributed by atoms with Crippen molar-refractivity contribution in [3.05, 3.63) is 22.2 Å². The molecule has 0 bridgehead atoms. The number of halogens is 1. The van der Waals surface area contributed by atoms with Crippen LogP contribution in [0.4, 0.5) is 0 Å². The van der Waals surface area contributed by atoms with Crippen LogP contribution in [0, 0.1) is 0 Å². The summed E-state index contributed by atoms with van der Waals surface area (Å²) < 4.78 is 36.2. The minimum absolute atomic E-state index is 0.0508. The highest BCUT2D eigenvalue weighted by atomic mass is 79.9. The van der Waals surface area contributed by atoms with Crippen LogP contribution >= 0.6 is 15.9 Å². The fourth-order valence-electron chi connectivity index (χ4n) is 1.66. The van der Waals surface area contributed by atoms with E-state index in [1.807, 2.05) is 12.1 Å². The van der Waals surface area contributed by atoms with Gasteiger partial charge in [0.25, 0.3) is 0 Å². The first kappa shape index (κ1) is 14.6. The standard InChI is InChI=1S/C11H15BrN2O4S/c1-13-19(15,16)3-2-14-6-8-4-9(12)11-10(5-8)17-7-18-11/h4-5,13-14H,2-3,6-7H2,1H3. The van der Waals surface area contributed by atoms with Gasteiger partial charge in [-0.15, -0.1) is 0 Å². The fourth-order valence-corrected chi connectivity index (χ4v) is 2.89. The molecule has 106 valence electrons. The van der Waals surface area contributed by atoms with Crippen molar-refractivity contribution >= 4 is 26.0 Å². The lowest BCUT2D eigenvalue weighted by atomic mass is 10.2. The summed E-state index contributed by atoms with van der Waals surface area (Å²) in [4.78, 5) is 0. The highest BCUT2D eigenvalue weighted by Crippen LogP contribution is 2.39. The van der Waals surface area contributed by atoms with Gasteiger partial charge in [0.05, 0.1) is 10.2 Å². The zero-order chi connectivity index (χ0) is 13.9. The van der Waals surface area contributed by atoms with Gasteiger partial charge in [0, 0.05) is 13.1 Å². The van der Waals surface area contributed by atoms with E-state index < -0.39 is 10.0 Å². The van der Waals surface area contributed by atoms with E-state index in [1.165, 1.54) is 7.05 Å². The molecule has 0 saturated carbocycles. The second-order valence-electron chi connectivity index (χ2n) is 4.01. The van der Waals surface area contributed by atoms with E-state index in [1.54, 1.807) is 0 Å². The van der Waals surface area contributed by atoms with Gasteiger partial charge in [-0.25, -0.2) is 13.1 Å². The largest absolute Gasteiger partial charge is 0.454 e. The van der Waals surface area contributed by atoms with Crippen LogP contribution in [0.3, 0.4) is 0 Å². The average Bonchev–Trinajstić information content (AvgIpc) is 2.83.